The van der Waals surface area contributed by atoms with E-state index in [9.17, 15) is 0 Å². The van der Waals surface area contributed by atoms with E-state index in [2.05, 4.69) is 10.2 Å². The Morgan fingerprint density at radius 2 is 2.00 bits per heavy atom. The fraction of sp³-hybridized carbons (Fsp3) is 0.200. The predicted molar refractivity (Wildman–Crippen MR) is 77.4 cm³/mol. The SMILES string of the molecule is Cn1cc(CC(N)c2ccn(-c3ccccc3)n2)cn1. The molecule has 0 aliphatic heterocycles. The summed E-state index contributed by atoms with van der Waals surface area (Å²) in [6.07, 6.45) is 6.50. The van der Waals surface area contributed by atoms with Gasteiger partial charge in [-0.05, 0) is 30.2 Å². The van der Waals surface area contributed by atoms with Crippen molar-refractivity contribution in [2.45, 2.75) is 12.5 Å². The molecule has 0 saturated carbocycles. The average Bonchev–Trinajstić information content (AvgIpc) is 3.09. The first-order chi connectivity index (χ1) is 9.72. The number of hydrogen-bond acceptors (Lipinski definition) is 3. The van der Waals surface area contributed by atoms with Gasteiger partial charge in [0.2, 0.25) is 0 Å². The number of hydrogen-bond donors (Lipinski definition) is 1. The topological polar surface area (TPSA) is 61.7 Å². The summed E-state index contributed by atoms with van der Waals surface area (Å²) in [4.78, 5) is 0. The van der Waals surface area contributed by atoms with Gasteiger partial charge in [0.05, 0.1) is 23.6 Å². The Morgan fingerprint density at radius 1 is 1.20 bits per heavy atom. The minimum absolute atomic E-state index is 0.121. The molecule has 0 aliphatic carbocycles. The van der Waals surface area contributed by atoms with Crippen LogP contribution in [0.3, 0.4) is 0 Å². The van der Waals surface area contributed by atoms with Gasteiger partial charge in [0.15, 0.2) is 0 Å². The summed E-state index contributed by atoms with van der Waals surface area (Å²) in [6.45, 7) is 0. The van der Waals surface area contributed by atoms with E-state index in [1.54, 1.807) is 4.68 Å². The summed E-state index contributed by atoms with van der Waals surface area (Å²) in [5.74, 6) is 0. The number of nitrogens with zero attached hydrogens (tertiary/aromatic N) is 4. The lowest BCUT2D eigenvalue weighted by Crippen LogP contribution is -2.14. The van der Waals surface area contributed by atoms with Crippen LogP contribution in [0.4, 0.5) is 0 Å². The highest BCUT2D eigenvalue weighted by Gasteiger charge is 2.12. The summed E-state index contributed by atoms with van der Waals surface area (Å²) in [7, 11) is 1.90. The maximum Gasteiger partial charge on any atom is 0.0799 e. The fourth-order valence-corrected chi connectivity index (χ4v) is 2.20. The molecular weight excluding hydrogens is 250 g/mol. The van der Waals surface area contributed by atoms with E-state index < -0.39 is 0 Å². The Labute approximate surface area is 117 Å². The highest BCUT2D eigenvalue weighted by Crippen LogP contribution is 2.15. The molecule has 0 fully saturated rings. The summed E-state index contributed by atoms with van der Waals surface area (Å²) < 4.78 is 3.63. The zero-order chi connectivity index (χ0) is 13.9. The third-order valence-electron chi connectivity index (χ3n) is 3.22. The maximum atomic E-state index is 6.21. The van der Waals surface area contributed by atoms with E-state index in [1.165, 1.54) is 0 Å². The molecule has 3 aromatic rings. The van der Waals surface area contributed by atoms with Crippen LogP contribution in [-0.4, -0.2) is 19.6 Å². The van der Waals surface area contributed by atoms with Gasteiger partial charge >= 0.3 is 0 Å². The molecule has 0 spiro atoms. The lowest BCUT2D eigenvalue weighted by atomic mass is 10.1. The van der Waals surface area contributed by atoms with Crippen molar-refractivity contribution in [2.75, 3.05) is 0 Å². The van der Waals surface area contributed by atoms with Crippen LogP contribution in [0.2, 0.25) is 0 Å². The van der Waals surface area contributed by atoms with Gasteiger partial charge in [0.25, 0.3) is 0 Å². The van der Waals surface area contributed by atoms with Crippen molar-refractivity contribution in [3.63, 3.8) is 0 Å². The highest BCUT2D eigenvalue weighted by molar-refractivity contribution is 5.30. The van der Waals surface area contributed by atoms with E-state index in [0.29, 0.717) is 0 Å². The molecule has 5 heteroatoms. The second kappa shape index (κ2) is 5.30. The lowest BCUT2D eigenvalue weighted by molar-refractivity contribution is 0.677. The van der Waals surface area contributed by atoms with Gasteiger partial charge < -0.3 is 5.73 Å². The molecule has 1 aromatic carbocycles. The molecule has 5 nitrogen and oxygen atoms in total. The van der Waals surface area contributed by atoms with E-state index in [4.69, 9.17) is 5.73 Å². The van der Waals surface area contributed by atoms with Crippen LogP contribution in [0.5, 0.6) is 0 Å². The third kappa shape index (κ3) is 2.62. The number of nitrogens with two attached hydrogens (primary N) is 1. The Bertz CT molecular complexity index is 683. The number of aryl methyl sites for hydroxylation is 1. The second-order valence-corrected chi connectivity index (χ2v) is 4.85. The van der Waals surface area contributed by atoms with Gasteiger partial charge in [-0.25, -0.2) is 4.68 Å². The molecule has 2 N–H and O–H groups in total. The van der Waals surface area contributed by atoms with Crippen molar-refractivity contribution in [1.82, 2.24) is 19.6 Å². The summed E-state index contributed by atoms with van der Waals surface area (Å²) in [5, 5.41) is 8.70. The molecule has 0 aliphatic rings. The largest absolute Gasteiger partial charge is 0.322 e. The van der Waals surface area contributed by atoms with Gasteiger partial charge in [-0.15, -0.1) is 0 Å². The van der Waals surface area contributed by atoms with E-state index >= 15 is 0 Å². The first kappa shape index (κ1) is 12.6. The zero-order valence-electron chi connectivity index (χ0n) is 11.3. The third-order valence-corrected chi connectivity index (χ3v) is 3.22. The van der Waals surface area contributed by atoms with Crippen molar-refractivity contribution >= 4 is 0 Å². The fourth-order valence-electron chi connectivity index (χ4n) is 2.20. The molecule has 20 heavy (non-hydrogen) atoms. The van der Waals surface area contributed by atoms with Gasteiger partial charge in [-0.3, -0.25) is 4.68 Å². The molecular formula is C15H17N5. The van der Waals surface area contributed by atoms with Crippen LogP contribution >= 0.6 is 0 Å². The Morgan fingerprint density at radius 3 is 2.70 bits per heavy atom. The molecule has 2 heterocycles. The summed E-state index contributed by atoms with van der Waals surface area (Å²) >= 11 is 0. The molecule has 1 atom stereocenters. The van der Waals surface area contributed by atoms with Crippen LogP contribution in [0.15, 0.2) is 55.0 Å². The first-order valence-corrected chi connectivity index (χ1v) is 6.56. The smallest absolute Gasteiger partial charge is 0.0799 e. The van der Waals surface area contributed by atoms with Crippen molar-refractivity contribution in [2.24, 2.45) is 12.8 Å². The van der Waals surface area contributed by atoms with E-state index in [0.717, 1.165) is 23.4 Å². The second-order valence-electron chi connectivity index (χ2n) is 4.85. The van der Waals surface area contributed by atoms with Gasteiger partial charge in [-0.1, -0.05) is 18.2 Å². The lowest BCUT2D eigenvalue weighted by Gasteiger charge is -2.07. The molecule has 1 unspecified atom stereocenters. The van der Waals surface area contributed by atoms with Crippen LogP contribution < -0.4 is 5.73 Å². The van der Waals surface area contributed by atoms with E-state index in [1.807, 2.05) is 66.7 Å². The molecule has 0 radical (unpaired) electrons. The Hall–Kier alpha value is -2.40. The highest BCUT2D eigenvalue weighted by atomic mass is 15.3. The van der Waals surface area contributed by atoms with Crippen molar-refractivity contribution in [3.8, 4) is 5.69 Å². The normalized spacial score (nSPS) is 12.5. The quantitative estimate of drug-likeness (QED) is 0.784. The van der Waals surface area contributed by atoms with Gasteiger partial charge in [0.1, 0.15) is 0 Å². The molecule has 0 bridgehead atoms. The predicted octanol–water partition coefficient (Wildman–Crippen LogP) is 1.85. The maximum absolute atomic E-state index is 6.21. The van der Waals surface area contributed by atoms with Crippen molar-refractivity contribution in [3.05, 3.63) is 66.2 Å². The molecule has 0 saturated heterocycles. The summed E-state index contributed by atoms with van der Waals surface area (Å²) in [5.41, 5.74) is 9.26. The van der Waals surface area contributed by atoms with E-state index in [-0.39, 0.29) is 6.04 Å². The molecule has 2 aromatic heterocycles. The number of rotatable bonds is 4. The van der Waals surface area contributed by atoms with Crippen LogP contribution in [0.25, 0.3) is 5.69 Å². The van der Waals surface area contributed by atoms with Crippen LogP contribution in [0.1, 0.15) is 17.3 Å². The van der Waals surface area contributed by atoms with Crippen LogP contribution in [0, 0.1) is 0 Å². The Balaban J connectivity index is 1.76. The Kier molecular flexibility index (Phi) is 3.35. The number of aromatic nitrogens is 4. The van der Waals surface area contributed by atoms with Gasteiger partial charge in [-0.2, -0.15) is 10.2 Å². The van der Waals surface area contributed by atoms with Gasteiger partial charge in [0, 0.05) is 19.4 Å². The van der Waals surface area contributed by atoms with Crippen molar-refractivity contribution < 1.29 is 0 Å². The molecule has 102 valence electrons. The number of benzene rings is 1. The van der Waals surface area contributed by atoms with Crippen LogP contribution in [-0.2, 0) is 13.5 Å². The number of para-hydroxylation sites is 1. The van der Waals surface area contributed by atoms with Crippen molar-refractivity contribution in [1.29, 1.82) is 0 Å². The average molecular weight is 267 g/mol. The summed E-state index contributed by atoms with van der Waals surface area (Å²) in [6, 6.07) is 11.9. The monoisotopic (exact) mass is 267 g/mol. The zero-order valence-corrected chi connectivity index (χ0v) is 11.3. The molecule has 0 amide bonds. The minimum Gasteiger partial charge on any atom is -0.322 e. The standard InChI is InChI=1S/C15H17N5/c1-19-11-12(10-17-19)9-14(16)15-7-8-20(18-15)13-5-3-2-4-6-13/h2-8,10-11,14H,9,16H2,1H3. The molecule has 3 rings (SSSR count). The first-order valence-electron chi connectivity index (χ1n) is 6.56. The minimum atomic E-state index is -0.121.